The topological polar surface area (TPSA) is 80.1 Å². The van der Waals surface area contributed by atoms with Crippen molar-refractivity contribution in [3.8, 4) is 0 Å². The van der Waals surface area contributed by atoms with Crippen LogP contribution in [0.15, 0.2) is 18.3 Å². The zero-order valence-corrected chi connectivity index (χ0v) is 11.4. The molecule has 0 spiro atoms. The number of carbonyl (C=O) groups excluding carboxylic acids is 1. The smallest absolute Gasteiger partial charge is 0.542 e. The molecule has 6 nitrogen and oxygen atoms in total. The summed E-state index contributed by atoms with van der Waals surface area (Å²) in [4.78, 5) is 19.5. The third-order valence-electron chi connectivity index (χ3n) is 3.47. The molecule has 7 heteroatoms. The van der Waals surface area contributed by atoms with Crippen LogP contribution in [0.4, 0.5) is 0 Å². The van der Waals surface area contributed by atoms with Gasteiger partial charge in [0.25, 0.3) is 0 Å². The Labute approximate surface area is 128 Å². The van der Waals surface area contributed by atoms with Crippen LogP contribution in [0.1, 0.15) is 23.5 Å². The van der Waals surface area contributed by atoms with Crippen LogP contribution < -0.4 is 24.0 Å². The first kappa shape index (κ1) is 15.0. The Hall–Kier alpha value is -1.35. The van der Waals surface area contributed by atoms with E-state index in [2.05, 4.69) is 9.97 Å². The number of pyridine rings is 1. The minimum absolute atomic E-state index is 0. The van der Waals surface area contributed by atoms with E-state index in [-0.39, 0.29) is 24.7 Å². The Morgan fingerprint density at radius 3 is 2.90 bits per heavy atom. The van der Waals surface area contributed by atoms with Gasteiger partial charge >= 0.3 is 18.9 Å². The second-order valence-electron chi connectivity index (χ2n) is 4.74. The Kier molecular flexibility index (Phi) is 4.81. The van der Waals surface area contributed by atoms with E-state index in [9.17, 15) is 9.90 Å². The van der Waals surface area contributed by atoms with Crippen molar-refractivity contribution in [1.29, 1.82) is 0 Å². The zero-order chi connectivity index (χ0) is 13.2. The standard InChI is InChI=1S/C13H15N3O3.Li/c17-13(18)12-15-10-2-1-5-14-11(10)16(12)8-9-3-6-19-7-4-9;/h1-2,5,9H,3-4,6-8H2,(H,17,18);/q;+1/p-1. The van der Waals surface area contributed by atoms with Gasteiger partial charge in [0.2, 0.25) is 0 Å². The summed E-state index contributed by atoms with van der Waals surface area (Å²) in [5.41, 5.74) is 1.20. The van der Waals surface area contributed by atoms with E-state index in [1.54, 1.807) is 22.9 Å². The van der Waals surface area contributed by atoms with E-state index in [0.29, 0.717) is 23.6 Å². The number of aromatic nitrogens is 3. The first-order chi connectivity index (χ1) is 9.25. The summed E-state index contributed by atoms with van der Waals surface area (Å²) in [6.45, 7) is 2.05. The van der Waals surface area contributed by atoms with Gasteiger partial charge in [-0.15, -0.1) is 0 Å². The van der Waals surface area contributed by atoms with E-state index in [4.69, 9.17) is 4.74 Å². The van der Waals surface area contributed by atoms with E-state index in [1.165, 1.54) is 0 Å². The van der Waals surface area contributed by atoms with Crippen molar-refractivity contribution < 1.29 is 33.5 Å². The maximum absolute atomic E-state index is 11.2. The molecule has 0 N–H and O–H groups in total. The number of hydrogen-bond acceptors (Lipinski definition) is 5. The molecule has 3 rings (SSSR count). The first-order valence-electron chi connectivity index (χ1n) is 6.36. The molecular weight excluding hydrogens is 253 g/mol. The molecule has 2 aromatic rings. The monoisotopic (exact) mass is 267 g/mol. The number of carboxylic acid groups (broad SMARTS) is 1. The summed E-state index contributed by atoms with van der Waals surface area (Å²) < 4.78 is 6.97. The van der Waals surface area contributed by atoms with Gasteiger partial charge in [0, 0.05) is 26.0 Å². The second-order valence-corrected chi connectivity index (χ2v) is 4.74. The number of imidazole rings is 1. The summed E-state index contributed by atoms with van der Waals surface area (Å²) in [7, 11) is 0. The number of fused-ring (bicyclic) bond motifs is 1. The molecule has 1 aliphatic rings. The van der Waals surface area contributed by atoms with E-state index < -0.39 is 5.97 Å². The third kappa shape index (κ3) is 2.88. The number of hydrogen-bond donors (Lipinski definition) is 0. The molecule has 1 fully saturated rings. The maximum atomic E-state index is 11.2. The predicted molar refractivity (Wildman–Crippen MR) is 65.4 cm³/mol. The summed E-state index contributed by atoms with van der Waals surface area (Å²) >= 11 is 0. The van der Waals surface area contributed by atoms with Gasteiger partial charge in [0.05, 0.1) is 0 Å². The van der Waals surface area contributed by atoms with Crippen LogP contribution in [-0.4, -0.2) is 33.7 Å². The van der Waals surface area contributed by atoms with Gasteiger partial charge in [0.1, 0.15) is 11.5 Å². The Bertz CT molecular complexity index is 608. The van der Waals surface area contributed by atoms with Gasteiger partial charge in [-0.3, -0.25) is 0 Å². The molecule has 3 heterocycles. The number of aromatic carboxylic acids is 1. The molecule has 0 saturated carbocycles. The molecule has 0 bridgehead atoms. The molecular formula is C13H14LiN3O3. The SMILES string of the molecule is O=C([O-])c1nc2cccnc2n1CC1CCOCC1.[Li+]. The fourth-order valence-corrected chi connectivity index (χ4v) is 2.47. The molecule has 0 radical (unpaired) electrons. The van der Waals surface area contributed by atoms with Crippen molar-refractivity contribution in [1.82, 2.24) is 14.5 Å². The number of carbonyl (C=O) groups is 1. The zero-order valence-electron chi connectivity index (χ0n) is 11.4. The average molecular weight is 267 g/mol. The van der Waals surface area contributed by atoms with E-state index in [0.717, 1.165) is 26.1 Å². The molecule has 100 valence electrons. The molecule has 20 heavy (non-hydrogen) atoms. The van der Waals surface area contributed by atoms with E-state index in [1.807, 2.05) is 0 Å². The van der Waals surface area contributed by atoms with Crippen LogP contribution in [0.2, 0.25) is 0 Å². The first-order valence-corrected chi connectivity index (χ1v) is 6.36. The molecule has 0 atom stereocenters. The molecule has 2 aromatic heterocycles. The van der Waals surface area contributed by atoms with Gasteiger partial charge in [-0.2, -0.15) is 0 Å². The molecule has 1 aliphatic heterocycles. The van der Waals surface area contributed by atoms with Crippen LogP contribution in [0.5, 0.6) is 0 Å². The van der Waals surface area contributed by atoms with Crippen LogP contribution in [0.25, 0.3) is 11.2 Å². The fraction of sp³-hybridized carbons (Fsp3) is 0.462. The second kappa shape index (κ2) is 6.40. The number of rotatable bonds is 3. The van der Waals surface area contributed by atoms with Crippen LogP contribution in [0.3, 0.4) is 0 Å². The largest absolute Gasteiger partial charge is 1.00 e. The minimum Gasteiger partial charge on any atom is -0.542 e. The van der Waals surface area contributed by atoms with Gasteiger partial charge in [-0.1, -0.05) is 0 Å². The van der Waals surface area contributed by atoms with Crippen LogP contribution >= 0.6 is 0 Å². The molecule has 0 amide bonds. The predicted octanol–water partition coefficient (Wildman–Crippen LogP) is -2.77. The summed E-state index contributed by atoms with van der Waals surface area (Å²) in [5, 5.41) is 11.2. The number of ether oxygens (including phenoxy) is 1. The fourth-order valence-electron chi connectivity index (χ4n) is 2.47. The van der Waals surface area contributed by atoms with Crippen molar-refractivity contribution in [2.45, 2.75) is 19.4 Å². The van der Waals surface area contributed by atoms with Gasteiger partial charge in [-0.25, -0.2) is 9.97 Å². The molecule has 0 unspecified atom stereocenters. The molecule has 0 aliphatic carbocycles. The third-order valence-corrected chi connectivity index (χ3v) is 3.47. The van der Waals surface area contributed by atoms with Crippen molar-refractivity contribution in [3.63, 3.8) is 0 Å². The summed E-state index contributed by atoms with van der Waals surface area (Å²) in [6.07, 6.45) is 3.50. The van der Waals surface area contributed by atoms with Crippen molar-refractivity contribution in [2.75, 3.05) is 13.2 Å². The van der Waals surface area contributed by atoms with Gasteiger partial charge < -0.3 is 19.2 Å². The quantitative estimate of drug-likeness (QED) is 0.562. The maximum Gasteiger partial charge on any atom is 1.00 e. The van der Waals surface area contributed by atoms with Crippen LogP contribution in [-0.2, 0) is 11.3 Å². The summed E-state index contributed by atoms with van der Waals surface area (Å²) in [6, 6.07) is 3.50. The van der Waals surface area contributed by atoms with Crippen molar-refractivity contribution in [3.05, 3.63) is 24.2 Å². The van der Waals surface area contributed by atoms with Crippen LogP contribution in [0, 0.1) is 5.92 Å². The van der Waals surface area contributed by atoms with Crippen molar-refractivity contribution in [2.24, 2.45) is 5.92 Å². The Morgan fingerprint density at radius 1 is 1.45 bits per heavy atom. The van der Waals surface area contributed by atoms with Gasteiger partial charge in [0.15, 0.2) is 11.5 Å². The molecule has 0 aromatic carbocycles. The Balaban J connectivity index is 0.00000147. The number of carboxylic acids is 1. The molecule has 1 saturated heterocycles. The Morgan fingerprint density at radius 2 is 2.20 bits per heavy atom. The normalized spacial score (nSPS) is 16.0. The van der Waals surface area contributed by atoms with E-state index >= 15 is 0 Å². The van der Waals surface area contributed by atoms with Gasteiger partial charge in [-0.05, 0) is 30.9 Å². The minimum atomic E-state index is -1.26. The summed E-state index contributed by atoms with van der Waals surface area (Å²) in [5.74, 6) is -0.906. The average Bonchev–Trinajstić information content (AvgIpc) is 2.79. The van der Waals surface area contributed by atoms with Crippen molar-refractivity contribution >= 4 is 17.1 Å². The number of nitrogens with zero attached hydrogens (tertiary/aromatic N) is 3.